The van der Waals surface area contributed by atoms with Crippen molar-refractivity contribution in [3.63, 3.8) is 0 Å². The van der Waals surface area contributed by atoms with Gasteiger partial charge in [-0.15, -0.1) is 0 Å². The van der Waals surface area contributed by atoms with Gasteiger partial charge in [0.25, 0.3) is 0 Å². The molecular formula is C14H24O2. The Morgan fingerprint density at radius 1 is 1.00 bits per heavy atom. The molecule has 92 valence electrons. The first-order chi connectivity index (χ1) is 7.77. The Labute approximate surface area is 99.1 Å². The Bertz CT molecular complexity index is 217. The molecule has 2 nitrogen and oxygen atoms in total. The molecule has 0 unspecified atom stereocenters. The van der Waals surface area contributed by atoms with Gasteiger partial charge in [-0.1, -0.05) is 63.3 Å². The van der Waals surface area contributed by atoms with Gasteiger partial charge < -0.3 is 5.11 Å². The number of hydrogen-bond donors (Lipinski definition) is 1. The summed E-state index contributed by atoms with van der Waals surface area (Å²) in [4.78, 5) is 10.2. The molecular weight excluding hydrogens is 200 g/mol. The van der Waals surface area contributed by atoms with Crippen LogP contribution in [0.1, 0.15) is 58.3 Å². The molecule has 0 saturated heterocycles. The van der Waals surface area contributed by atoms with Gasteiger partial charge in [0.2, 0.25) is 0 Å². The monoisotopic (exact) mass is 224 g/mol. The molecule has 0 rings (SSSR count). The highest BCUT2D eigenvalue weighted by atomic mass is 16.4. The molecule has 0 aromatic carbocycles. The molecule has 16 heavy (non-hydrogen) atoms. The van der Waals surface area contributed by atoms with Gasteiger partial charge >= 0.3 is 5.97 Å². The van der Waals surface area contributed by atoms with Gasteiger partial charge in [-0.3, -0.25) is 4.79 Å². The first-order valence-corrected chi connectivity index (χ1v) is 6.30. The molecule has 0 aromatic rings. The fourth-order valence-corrected chi connectivity index (χ4v) is 1.46. The number of hydrogen-bond acceptors (Lipinski definition) is 1. The van der Waals surface area contributed by atoms with Crippen LogP contribution in [0.4, 0.5) is 0 Å². The van der Waals surface area contributed by atoms with E-state index in [0.29, 0.717) is 0 Å². The predicted octanol–water partition coefficient (Wildman–Crippen LogP) is 4.32. The zero-order chi connectivity index (χ0) is 12.1. The number of aliphatic carboxylic acids is 1. The molecule has 0 radical (unpaired) electrons. The van der Waals surface area contributed by atoms with Crippen LogP contribution in [0.15, 0.2) is 24.3 Å². The highest BCUT2D eigenvalue weighted by molar-refractivity contribution is 5.68. The maximum absolute atomic E-state index is 10.2. The number of unbranched alkanes of at least 4 members (excludes halogenated alkanes) is 6. The minimum absolute atomic E-state index is 0.112. The quantitative estimate of drug-likeness (QED) is 0.443. The Hall–Kier alpha value is -1.05. The molecule has 0 atom stereocenters. The number of carbonyl (C=O) groups is 1. The summed E-state index contributed by atoms with van der Waals surface area (Å²) in [5.74, 6) is -0.777. The van der Waals surface area contributed by atoms with Crippen molar-refractivity contribution >= 4 is 5.97 Å². The zero-order valence-corrected chi connectivity index (χ0v) is 10.3. The van der Waals surface area contributed by atoms with Crippen molar-refractivity contribution in [2.75, 3.05) is 0 Å². The van der Waals surface area contributed by atoms with E-state index in [0.717, 1.165) is 6.42 Å². The molecule has 0 saturated carbocycles. The van der Waals surface area contributed by atoms with Crippen molar-refractivity contribution in [3.05, 3.63) is 24.3 Å². The van der Waals surface area contributed by atoms with Crippen molar-refractivity contribution in [1.29, 1.82) is 0 Å². The lowest BCUT2D eigenvalue weighted by molar-refractivity contribution is -0.135. The number of rotatable bonds is 10. The summed E-state index contributed by atoms with van der Waals surface area (Å²) in [6.07, 6.45) is 16.6. The van der Waals surface area contributed by atoms with E-state index in [2.05, 4.69) is 13.0 Å². The van der Waals surface area contributed by atoms with Gasteiger partial charge in [0.15, 0.2) is 0 Å². The van der Waals surface area contributed by atoms with Crippen molar-refractivity contribution in [3.8, 4) is 0 Å². The molecule has 0 aliphatic carbocycles. The molecule has 1 N–H and O–H groups in total. The second-order valence-electron chi connectivity index (χ2n) is 4.01. The first-order valence-electron chi connectivity index (χ1n) is 6.30. The summed E-state index contributed by atoms with van der Waals surface area (Å²) < 4.78 is 0. The first kappa shape index (κ1) is 14.9. The number of carboxylic acids is 1. The van der Waals surface area contributed by atoms with Crippen LogP contribution >= 0.6 is 0 Å². The van der Waals surface area contributed by atoms with Crippen molar-refractivity contribution in [1.82, 2.24) is 0 Å². The summed E-state index contributed by atoms with van der Waals surface area (Å²) in [7, 11) is 0. The molecule has 0 amide bonds. The Morgan fingerprint density at radius 3 is 2.31 bits per heavy atom. The summed E-state index contributed by atoms with van der Waals surface area (Å²) in [5.41, 5.74) is 0. The van der Waals surface area contributed by atoms with Crippen molar-refractivity contribution in [2.45, 2.75) is 58.3 Å². The standard InChI is InChI=1S/C14H24O2/c1-2-3-4-5-6-7-8-9-10-11-12-13-14(15)16/h9-12H,2-8,13H2,1H3,(H,15,16)/b10-9+,12-11-. The van der Waals surface area contributed by atoms with E-state index in [9.17, 15) is 4.79 Å². The fourth-order valence-electron chi connectivity index (χ4n) is 1.46. The van der Waals surface area contributed by atoms with Gasteiger partial charge in [-0.2, -0.15) is 0 Å². The van der Waals surface area contributed by atoms with Crippen LogP contribution in [-0.4, -0.2) is 11.1 Å². The van der Waals surface area contributed by atoms with E-state index in [-0.39, 0.29) is 6.42 Å². The van der Waals surface area contributed by atoms with Gasteiger partial charge in [0.1, 0.15) is 0 Å². The van der Waals surface area contributed by atoms with E-state index in [1.807, 2.05) is 12.2 Å². The molecule has 2 heteroatoms. The van der Waals surface area contributed by atoms with Gasteiger partial charge in [0, 0.05) is 0 Å². The van der Waals surface area contributed by atoms with Gasteiger partial charge in [-0.25, -0.2) is 0 Å². The van der Waals surface area contributed by atoms with E-state index >= 15 is 0 Å². The lowest BCUT2D eigenvalue weighted by Gasteiger charge is -1.97. The Balaban J connectivity index is 3.21. The van der Waals surface area contributed by atoms with Gasteiger partial charge in [0.05, 0.1) is 6.42 Å². The van der Waals surface area contributed by atoms with E-state index < -0.39 is 5.97 Å². The number of allylic oxidation sites excluding steroid dienone is 3. The fraction of sp³-hybridized carbons (Fsp3) is 0.643. The van der Waals surface area contributed by atoms with Crippen LogP contribution in [0.5, 0.6) is 0 Å². The zero-order valence-electron chi connectivity index (χ0n) is 10.3. The summed E-state index contributed by atoms with van der Waals surface area (Å²) in [6, 6.07) is 0. The van der Waals surface area contributed by atoms with Crippen LogP contribution in [0.25, 0.3) is 0 Å². The predicted molar refractivity (Wildman–Crippen MR) is 68.5 cm³/mol. The second-order valence-corrected chi connectivity index (χ2v) is 4.01. The average Bonchev–Trinajstić information content (AvgIpc) is 2.25. The molecule has 0 fully saturated rings. The van der Waals surface area contributed by atoms with Crippen LogP contribution in [0.2, 0.25) is 0 Å². The highest BCUT2D eigenvalue weighted by Gasteiger charge is 1.88. The average molecular weight is 224 g/mol. The van der Waals surface area contributed by atoms with Crippen LogP contribution in [0.3, 0.4) is 0 Å². The summed E-state index contributed by atoms with van der Waals surface area (Å²) >= 11 is 0. The Kier molecular flexibility index (Phi) is 11.2. The largest absolute Gasteiger partial charge is 0.481 e. The molecule has 0 bridgehead atoms. The minimum Gasteiger partial charge on any atom is -0.481 e. The lowest BCUT2D eigenvalue weighted by Crippen LogP contribution is -1.89. The molecule has 0 aromatic heterocycles. The lowest BCUT2D eigenvalue weighted by atomic mass is 10.1. The molecule has 0 heterocycles. The minimum atomic E-state index is -0.777. The van der Waals surface area contributed by atoms with Crippen LogP contribution in [0, 0.1) is 0 Å². The van der Waals surface area contributed by atoms with Crippen LogP contribution in [-0.2, 0) is 4.79 Å². The van der Waals surface area contributed by atoms with E-state index in [1.165, 1.54) is 38.5 Å². The smallest absolute Gasteiger partial charge is 0.307 e. The molecule has 0 aliphatic rings. The van der Waals surface area contributed by atoms with Crippen molar-refractivity contribution in [2.24, 2.45) is 0 Å². The Morgan fingerprint density at radius 2 is 1.62 bits per heavy atom. The van der Waals surface area contributed by atoms with Crippen LogP contribution < -0.4 is 0 Å². The van der Waals surface area contributed by atoms with Crippen molar-refractivity contribution < 1.29 is 9.90 Å². The normalized spacial score (nSPS) is 11.6. The van der Waals surface area contributed by atoms with Gasteiger partial charge in [-0.05, 0) is 12.8 Å². The molecule has 0 spiro atoms. The maximum atomic E-state index is 10.2. The highest BCUT2D eigenvalue weighted by Crippen LogP contribution is 2.07. The maximum Gasteiger partial charge on any atom is 0.307 e. The third-order valence-electron chi connectivity index (χ3n) is 2.40. The number of carboxylic acid groups (broad SMARTS) is 1. The SMILES string of the molecule is CCCCCCCC/C=C/C=C\CC(=O)O. The topological polar surface area (TPSA) is 37.3 Å². The summed E-state index contributed by atoms with van der Waals surface area (Å²) in [6.45, 7) is 2.23. The third-order valence-corrected chi connectivity index (χ3v) is 2.40. The molecule has 0 aliphatic heterocycles. The van der Waals surface area contributed by atoms with E-state index in [4.69, 9.17) is 5.11 Å². The van der Waals surface area contributed by atoms with E-state index in [1.54, 1.807) is 6.08 Å². The summed E-state index contributed by atoms with van der Waals surface area (Å²) in [5, 5.41) is 8.38. The third kappa shape index (κ3) is 12.9. The second kappa shape index (κ2) is 12.0.